The van der Waals surface area contributed by atoms with E-state index in [0.29, 0.717) is 85.7 Å². The Bertz CT molecular complexity index is 5850. The van der Waals surface area contributed by atoms with E-state index in [1.165, 1.54) is 95.3 Å². The van der Waals surface area contributed by atoms with Gasteiger partial charge in [-0.15, -0.1) is 0 Å². The molecule has 0 heterocycles. The summed E-state index contributed by atoms with van der Waals surface area (Å²) in [5.41, 5.74) is 9.78. The van der Waals surface area contributed by atoms with Crippen molar-refractivity contribution in [3.05, 3.63) is 393 Å². The zero-order valence-electron chi connectivity index (χ0n) is 72.9. The largest absolute Gasteiger partial charge is 0.462 e. The van der Waals surface area contributed by atoms with Crippen LogP contribution in [-0.2, 0) is 104 Å². The molecule has 10 rings (SSSR count). The third-order valence-electron chi connectivity index (χ3n) is 18.0. The number of carbonyl (C=O) groups excluding carboxylic acids is 10. The van der Waals surface area contributed by atoms with Crippen molar-refractivity contribution in [3.63, 3.8) is 0 Å². The maximum atomic E-state index is 14.3. The third kappa shape index (κ3) is 34.5. The Kier molecular flexibility index (Phi) is 41.8. The first-order valence-corrected chi connectivity index (χ1v) is 40.0. The molecule has 27 heteroatoms. The Labute approximate surface area is 758 Å². The second kappa shape index (κ2) is 52.8. The van der Waals surface area contributed by atoms with Crippen molar-refractivity contribution in [2.24, 2.45) is 0 Å². The summed E-state index contributed by atoms with van der Waals surface area (Å²) in [4.78, 5) is 112. The molecule has 20 nitrogen and oxygen atoms in total. The van der Waals surface area contributed by atoms with Crippen molar-refractivity contribution in [1.29, 1.82) is 0 Å². The van der Waals surface area contributed by atoms with Gasteiger partial charge in [0, 0.05) is 90.3 Å². The summed E-state index contributed by atoms with van der Waals surface area (Å²) in [6.45, 7) is 41.8. The van der Waals surface area contributed by atoms with Gasteiger partial charge in [0.25, 0.3) is 0 Å². The van der Waals surface area contributed by atoms with Gasteiger partial charge in [-0.05, 0) is 203 Å². The van der Waals surface area contributed by atoms with Gasteiger partial charge in [0.1, 0.15) is 34.8 Å². The van der Waals surface area contributed by atoms with E-state index >= 15 is 0 Å². The van der Waals surface area contributed by atoms with Crippen LogP contribution >= 0.6 is 0 Å². The van der Waals surface area contributed by atoms with E-state index in [1.807, 2.05) is 36.4 Å². The lowest BCUT2D eigenvalue weighted by molar-refractivity contribution is -0.139. The molecular formula is C105H93F7O20. The Hall–Kier alpha value is -16.2. The number of carbonyl (C=O) groups is 10. The molecule has 0 fully saturated rings. The molecule has 0 aliphatic heterocycles. The molecular weight excluding hydrogens is 1710 g/mol. The predicted octanol–water partition coefficient (Wildman–Crippen LogP) is 21.5. The van der Waals surface area contributed by atoms with Crippen molar-refractivity contribution in [3.8, 4) is 84.4 Å². The lowest BCUT2D eigenvalue weighted by atomic mass is 10.0. The van der Waals surface area contributed by atoms with Gasteiger partial charge in [0.05, 0.1) is 33.0 Å². The number of hydrogen-bond acceptors (Lipinski definition) is 20. The fourth-order valence-corrected chi connectivity index (χ4v) is 10.9. The molecule has 0 spiro atoms. The highest BCUT2D eigenvalue weighted by Crippen LogP contribution is 2.33. The zero-order chi connectivity index (χ0) is 97.3. The number of halogens is 7. The van der Waals surface area contributed by atoms with Crippen molar-refractivity contribution >= 4 is 59.7 Å². The summed E-state index contributed by atoms with van der Waals surface area (Å²) >= 11 is 0. The molecule has 682 valence electrons. The van der Waals surface area contributed by atoms with Crippen LogP contribution in [0.25, 0.3) is 55.6 Å². The molecule has 10 aromatic rings. The minimum atomic E-state index is -0.747. The van der Waals surface area contributed by atoms with E-state index in [4.69, 9.17) is 47.4 Å². The SMILES string of the molecule is C=C(C)C(=O)OCCc1ccc(-c2ccc(OC(=O)C(=C)C)c(F)c2)cc1F.C=C(C)C(=O)OCCc1ccc(-c2ccc(OC(=O)C(=C)C)c(F)c2)cc1F.C=CC(=O)OCCc1ccc(-c2ccc(OC(=O)C(=C)C)c(F)c2)cc1F.C=CC(=O)OCCc1ccc(-c2ccc(OC(=O)C=C)cc2)cc1.C=CC(=O)OCCc1ccc(-c2ccc(OC(=O)C=C)cc2)cc1F. The molecule has 0 N–H and O–H groups in total. The number of rotatable bonds is 35. The van der Waals surface area contributed by atoms with Crippen LogP contribution in [0.3, 0.4) is 0 Å². The van der Waals surface area contributed by atoms with Gasteiger partial charge >= 0.3 is 59.7 Å². The maximum Gasteiger partial charge on any atom is 0.338 e. The highest BCUT2D eigenvalue weighted by atomic mass is 19.2. The lowest BCUT2D eigenvalue weighted by Gasteiger charge is -2.09. The molecule has 0 aliphatic rings. The van der Waals surface area contributed by atoms with Crippen LogP contribution in [-0.4, -0.2) is 92.7 Å². The topological polar surface area (TPSA) is 263 Å². The molecule has 0 unspecified atom stereocenters. The lowest BCUT2D eigenvalue weighted by Crippen LogP contribution is -2.09. The van der Waals surface area contributed by atoms with Gasteiger partial charge in [-0.1, -0.05) is 181 Å². The van der Waals surface area contributed by atoms with Crippen molar-refractivity contribution in [2.45, 2.75) is 66.7 Å². The monoisotopic (exact) mass is 1810 g/mol. The van der Waals surface area contributed by atoms with E-state index in [1.54, 1.807) is 84.9 Å². The van der Waals surface area contributed by atoms with E-state index < -0.39 is 94.6 Å². The normalized spacial score (nSPS) is 10.1. The summed E-state index contributed by atoms with van der Waals surface area (Å²) in [5.74, 6) is -9.72. The highest BCUT2D eigenvalue weighted by Gasteiger charge is 2.19. The molecule has 0 bridgehead atoms. The molecule has 0 saturated carbocycles. The van der Waals surface area contributed by atoms with Gasteiger partial charge in [-0.25, -0.2) is 78.7 Å². The van der Waals surface area contributed by atoms with E-state index in [0.717, 1.165) is 70.8 Å². The first-order chi connectivity index (χ1) is 62.8. The summed E-state index contributed by atoms with van der Waals surface area (Å²) in [6, 6.07) is 52.0. The van der Waals surface area contributed by atoms with Crippen LogP contribution in [0.15, 0.2) is 324 Å². The van der Waals surface area contributed by atoms with E-state index in [-0.39, 0.29) is 103 Å². The van der Waals surface area contributed by atoms with Crippen LogP contribution in [0.1, 0.15) is 62.4 Å². The van der Waals surface area contributed by atoms with Crippen LogP contribution < -0.4 is 23.7 Å². The molecule has 0 radical (unpaired) electrons. The van der Waals surface area contributed by atoms with Crippen molar-refractivity contribution in [2.75, 3.05) is 33.0 Å². The second-order valence-electron chi connectivity index (χ2n) is 28.4. The molecule has 0 amide bonds. The fourth-order valence-electron chi connectivity index (χ4n) is 10.9. The quantitative estimate of drug-likeness (QED) is 0.0117. The number of benzene rings is 10. The molecule has 0 aliphatic carbocycles. The Morgan fingerprint density at radius 2 is 0.439 bits per heavy atom. The van der Waals surface area contributed by atoms with Gasteiger partial charge in [0.2, 0.25) is 0 Å². The maximum absolute atomic E-state index is 14.3. The van der Waals surface area contributed by atoms with Crippen LogP contribution in [0, 0.1) is 40.7 Å². The van der Waals surface area contributed by atoms with Gasteiger partial charge in [-0.3, -0.25) is 0 Å². The fraction of sp³-hybridized carbons (Fsp3) is 0.143. The Balaban J connectivity index is 0.000000254. The van der Waals surface area contributed by atoms with Crippen LogP contribution in [0.2, 0.25) is 0 Å². The Morgan fingerprint density at radius 3 is 0.674 bits per heavy atom. The smallest absolute Gasteiger partial charge is 0.338 e. The summed E-state index contributed by atoms with van der Waals surface area (Å²) in [6.07, 6.45) is 6.99. The molecule has 10 aromatic carbocycles. The summed E-state index contributed by atoms with van der Waals surface area (Å²) in [5, 5.41) is 0. The second-order valence-corrected chi connectivity index (χ2v) is 28.4. The molecule has 0 saturated heterocycles. The minimum absolute atomic E-state index is 0.0263. The van der Waals surface area contributed by atoms with Crippen molar-refractivity contribution < 1.29 is 126 Å². The zero-order valence-corrected chi connectivity index (χ0v) is 72.9. The van der Waals surface area contributed by atoms with Gasteiger partial charge in [-0.2, -0.15) is 0 Å². The third-order valence-corrected chi connectivity index (χ3v) is 18.0. The highest BCUT2D eigenvalue weighted by molar-refractivity contribution is 5.91. The Morgan fingerprint density at radius 1 is 0.235 bits per heavy atom. The first kappa shape index (κ1) is 105. The summed E-state index contributed by atoms with van der Waals surface area (Å²) < 4.78 is 149. The van der Waals surface area contributed by atoms with Gasteiger partial charge < -0.3 is 47.4 Å². The molecule has 0 aromatic heterocycles. The van der Waals surface area contributed by atoms with Gasteiger partial charge in [0.15, 0.2) is 34.7 Å². The summed E-state index contributed by atoms with van der Waals surface area (Å²) in [7, 11) is 0. The van der Waals surface area contributed by atoms with Crippen LogP contribution in [0.4, 0.5) is 30.7 Å². The first-order valence-electron chi connectivity index (χ1n) is 40.0. The number of esters is 10. The van der Waals surface area contributed by atoms with E-state index in [9.17, 15) is 78.7 Å². The predicted molar refractivity (Wildman–Crippen MR) is 486 cm³/mol. The average molecular weight is 1810 g/mol. The molecule has 0 atom stereocenters. The number of ether oxygens (including phenoxy) is 10. The number of hydrogen-bond donors (Lipinski definition) is 0. The van der Waals surface area contributed by atoms with E-state index in [2.05, 4.69) is 65.8 Å². The average Bonchev–Trinajstić information content (AvgIpc) is 0.855. The standard InChI is InChI=1S/2C22H20F2O4.C21H18F2O4.C20H17FO4.C20H18O4/c2*1-13(2)21(25)27-10-9-15-5-6-16(11-18(15)23)17-7-8-20(19(24)12-17)28-22(26)14(3)4;1-4-20(24)26-10-9-14-5-6-15(11-17(14)22)16-7-8-19(18(23)12-16)27-21(25)13(2)3;1-3-19(22)24-12-11-15-5-6-16(13-18(15)21)14-7-9-17(10-8-14)25-20(23)4-2;1-3-19(21)23-14-13-15-5-7-16(8-6-15)17-9-11-18(12-10-17)24-20(22)4-2/h2*5-8,11-12H,1,3,9-10H2,2,4H3;4-8,11-12H,1-2,9-10H2,3H3;3-10,13H,1-2,11-12H2;3-12H,1-2,13-14H2. The van der Waals surface area contributed by atoms with Crippen LogP contribution in [0.5, 0.6) is 28.7 Å². The molecule has 132 heavy (non-hydrogen) atoms. The van der Waals surface area contributed by atoms with Crippen molar-refractivity contribution in [1.82, 2.24) is 0 Å². The minimum Gasteiger partial charge on any atom is -0.462 e.